The normalized spacial score (nSPS) is 24.6. The van der Waals surface area contributed by atoms with Crippen LogP contribution in [0.1, 0.15) is 19.4 Å². The van der Waals surface area contributed by atoms with Gasteiger partial charge in [0, 0.05) is 12.6 Å². The zero-order chi connectivity index (χ0) is 14.9. The standard InChI is InChI=1S/C14H21NO4S/c1-10-5-6-13(18-4)14(9-10)20(16,17)15-7-8-19-12(3)11(15)2/h5-6,9,11-12H,7-8H2,1-4H3. The summed E-state index contributed by atoms with van der Waals surface area (Å²) in [7, 11) is -2.10. The van der Waals surface area contributed by atoms with Gasteiger partial charge in [-0.05, 0) is 38.5 Å². The van der Waals surface area contributed by atoms with Crippen molar-refractivity contribution < 1.29 is 17.9 Å². The topological polar surface area (TPSA) is 55.8 Å². The average molecular weight is 299 g/mol. The van der Waals surface area contributed by atoms with Crippen molar-refractivity contribution in [3.63, 3.8) is 0 Å². The Morgan fingerprint density at radius 2 is 2.05 bits per heavy atom. The molecule has 0 aromatic heterocycles. The molecule has 0 radical (unpaired) electrons. The van der Waals surface area contributed by atoms with Crippen molar-refractivity contribution in [2.45, 2.75) is 37.8 Å². The fraction of sp³-hybridized carbons (Fsp3) is 0.571. The van der Waals surface area contributed by atoms with Crippen LogP contribution in [-0.4, -0.2) is 45.1 Å². The molecule has 1 aromatic rings. The molecule has 1 fully saturated rings. The third-order valence-electron chi connectivity index (χ3n) is 3.73. The van der Waals surface area contributed by atoms with E-state index >= 15 is 0 Å². The highest BCUT2D eigenvalue weighted by Gasteiger charge is 2.36. The first-order valence-corrected chi connectivity index (χ1v) is 8.10. The van der Waals surface area contributed by atoms with Gasteiger partial charge in [-0.2, -0.15) is 4.31 Å². The number of morpholine rings is 1. The predicted octanol–water partition coefficient (Wildman–Crippen LogP) is 1.80. The number of nitrogens with zero attached hydrogens (tertiary/aromatic N) is 1. The van der Waals surface area contributed by atoms with E-state index in [2.05, 4.69) is 0 Å². The molecule has 1 saturated heterocycles. The number of hydrogen-bond acceptors (Lipinski definition) is 4. The fourth-order valence-corrected chi connectivity index (χ4v) is 4.27. The number of ether oxygens (including phenoxy) is 2. The van der Waals surface area contributed by atoms with Gasteiger partial charge in [-0.3, -0.25) is 0 Å². The van der Waals surface area contributed by atoms with Gasteiger partial charge in [0.1, 0.15) is 10.6 Å². The Morgan fingerprint density at radius 3 is 2.70 bits per heavy atom. The first kappa shape index (κ1) is 15.3. The smallest absolute Gasteiger partial charge is 0.247 e. The number of benzene rings is 1. The van der Waals surface area contributed by atoms with Gasteiger partial charge in [-0.15, -0.1) is 0 Å². The molecule has 2 unspecified atom stereocenters. The summed E-state index contributed by atoms with van der Waals surface area (Å²) in [6.45, 7) is 6.40. The average Bonchev–Trinajstić information content (AvgIpc) is 2.41. The second-order valence-electron chi connectivity index (χ2n) is 5.09. The van der Waals surface area contributed by atoms with E-state index in [4.69, 9.17) is 9.47 Å². The molecule has 1 aromatic carbocycles. The van der Waals surface area contributed by atoms with Crippen LogP contribution in [0.25, 0.3) is 0 Å². The largest absolute Gasteiger partial charge is 0.495 e. The highest BCUT2D eigenvalue weighted by molar-refractivity contribution is 7.89. The third kappa shape index (κ3) is 2.68. The van der Waals surface area contributed by atoms with Crippen molar-refractivity contribution in [2.75, 3.05) is 20.3 Å². The summed E-state index contributed by atoms with van der Waals surface area (Å²) in [5, 5.41) is 0. The maximum Gasteiger partial charge on any atom is 0.247 e. The van der Waals surface area contributed by atoms with E-state index in [1.54, 1.807) is 12.1 Å². The summed E-state index contributed by atoms with van der Waals surface area (Å²) < 4.78 is 37.9. The van der Waals surface area contributed by atoms with Crippen molar-refractivity contribution >= 4 is 10.0 Å². The molecule has 112 valence electrons. The van der Waals surface area contributed by atoms with Crippen LogP contribution in [0.2, 0.25) is 0 Å². The minimum Gasteiger partial charge on any atom is -0.495 e. The van der Waals surface area contributed by atoms with Gasteiger partial charge < -0.3 is 9.47 Å². The summed E-state index contributed by atoms with van der Waals surface area (Å²) in [5.41, 5.74) is 0.887. The molecule has 20 heavy (non-hydrogen) atoms. The van der Waals surface area contributed by atoms with Gasteiger partial charge in [0.25, 0.3) is 0 Å². The second-order valence-corrected chi connectivity index (χ2v) is 6.95. The summed E-state index contributed by atoms with van der Waals surface area (Å²) in [6.07, 6.45) is -0.116. The molecule has 0 N–H and O–H groups in total. The van der Waals surface area contributed by atoms with Crippen LogP contribution in [-0.2, 0) is 14.8 Å². The Labute approximate surface area is 120 Å². The number of sulfonamides is 1. The van der Waals surface area contributed by atoms with Crippen LogP contribution in [0.15, 0.2) is 23.1 Å². The van der Waals surface area contributed by atoms with Gasteiger partial charge in [-0.1, -0.05) is 6.07 Å². The van der Waals surface area contributed by atoms with Crippen molar-refractivity contribution in [2.24, 2.45) is 0 Å². The summed E-state index contributed by atoms with van der Waals surface area (Å²) in [5.74, 6) is 0.377. The lowest BCUT2D eigenvalue weighted by molar-refractivity contribution is -0.0232. The second kappa shape index (κ2) is 5.71. The molecule has 2 atom stereocenters. The summed E-state index contributed by atoms with van der Waals surface area (Å²) in [6, 6.07) is 4.99. The molecular weight excluding hydrogens is 278 g/mol. The molecule has 0 aliphatic carbocycles. The van der Waals surface area contributed by atoms with E-state index in [1.807, 2.05) is 26.8 Å². The van der Waals surface area contributed by atoms with Crippen LogP contribution in [0, 0.1) is 6.92 Å². The molecule has 0 saturated carbocycles. The van der Waals surface area contributed by atoms with E-state index in [9.17, 15) is 8.42 Å². The highest BCUT2D eigenvalue weighted by atomic mass is 32.2. The SMILES string of the molecule is COc1ccc(C)cc1S(=O)(=O)N1CCOC(C)C1C. The Kier molecular flexibility index (Phi) is 4.36. The van der Waals surface area contributed by atoms with Gasteiger partial charge in [0.05, 0.1) is 19.8 Å². The first-order valence-electron chi connectivity index (χ1n) is 6.66. The van der Waals surface area contributed by atoms with E-state index < -0.39 is 10.0 Å². The van der Waals surface area contributed by atoms with E-state index in [0.717, 1.165) is 5.56 Å². The molecule has 6 heteroatoms. The van der Waals surface area contributed by atoms with E-state index in [1.165, 1.54) is 11.4 Å². The molecule has 0 bridgehead atoms. The maximum atomic E-state index is 12.9. The molecular formula is C14H21NO4S. The minimum absolute atomic E-state index is 0.116. The Hall–Kier alpha value is -1.11. The van der Waals surface area contributed by atoms with Gasteiger partial charge >= 0.3 is 0 Å². The van der Waals surface area contributed by atoms with Gasteiger partial charge in [0.15, 0.2) is 0 Å². The molecule has 5 nitrogen and oxygen atoms in total. The molecule has 1 heterocycles. The van der Waals surface area contributed by atoms with Crippen molar-refractivity contribution in [3.8, 4) is 5.75 Å². The molecule has 0 amide bonds. The zero-order valence-corrected chi connectivity index (χ0v) is 13.1. The monoisotopic (exact) mass is 299 g/mol. The quantitative estimate of drug-likeness (QED) is 0.854. The van der Waals surface area contributed by atoms with E-state index in [0.29, 0.717) is 18.9 Å². The third-order valence-corrected chi connectivity index (χ3v) is 5.74. The van der Waals surface area contributed by atoms with Crippen LogP contribution < -0.4 is 4.74 Å². The summed E-state index contributed by atoms with van der Waals surface area (Å²) >= 11 is 0. The van der Waals surface area contributed by atoms with Crippen LogP contribution in [0.3, 0.4) is 0 Å². The van der Waals surface area contributed by atoms with Crippen LogP contribution in [0.5, 0.6) is 5.75 Å². The van der Waals surface area contributed by atoms with Gasteiger partial charge in [-0.25, -0.2) is 8.42 Å². The predicted molar refractivity (Wildman–Crippen MR) is 76.5 cm³/mol. The van der Waals surface area contributed by atoms with Crippen molar-refractivity contribution in [1.29, 1.82) is 0 Å². The Bertz CT molecular complexity index is 585. The van der Waals surface area contributed by atoms with E-state index in [-0.39, 0.29) is 17.0 Å². The van der Waals surface area contributed by atoms with Gasteiger partial charge in [0.2, 0.25) is 10.0 Å². The maximum absolute atomic E-state index is 12.9. The van der Waals surface area contributed by atoms with Crippen LogP contribution in [0.4, 0.5) is 0 Å². The van der Waals surface area contributed by atoms with Crippen LogP contribution >= 0.6 is 0 Å². The molecule has 1 aliphatic rings. The zero-order valence-electron chi connectivity index (χ0n) is 12.3. The minimum atomic E-state index is -3.58. The van der Waals surface area contributed by atoms with Crippen molar-refractivity contribution in [1.82, 2.24) is 4.31 Å². The molecule has 2 rings (SSSR count). The number of rotatable bonds is 3. The number of methoxy groups -OCH3 is 1. The Balaban J connectivity index is 2.47. The number of aryl methyl sites for hydroxylation is 1. The van der Waals surface area contributed by atoms with Crippen molar-refractivity contribution in [3.05, 3.63) is 23.8 Å². The molecule has 1 aliphatic heterocycles. The first-order chi connectivity index (χ1) is 9.37. The lowest BCUT2D eigenvalue weighted by atomic mass is 10.2. The summed E-state index contributed by atoms with van der Waals surface area (Å²) in [4.78, 5) is 0.223. The lowest BCUT2D eigenvalue weighted by Crippen LogP contribution is -2.51. The number of hydrogen-bond donors (Lipinski definition) is 0. The lowest BCUT2D eigenvalue weighted by Gasteiger charge is -2.36. The highest BCUT2D eigenvalue weighted by Crippen LogP contribution is 2.30. The molecule has 0 spiro atoms. The fourth-order valence-electron chi connectivity index (χ4n) is 2.36. The Morgan fingerprint density at radius 1 is 1.35 bits per heavy atom.